The van der Waals surface area contributed by atoms with Crippen LogP contribution in [0.2, 0.25) is 0 Å². The van der Waals surface area contributed by atoms with Crippen LogP contribution in [0.1, 0.15) is 33.1 Å². The second-order valence-corrected chi connectivity index (χ2v) is 9.17. The van der Waals surface area contributed by atoms with Gasteiger partial charge in [0.05, 0.1) is 11.5 Å². The van der Waals surface area contributed by atoms with Crippen LogP contribution in [0.25, 0.3) is 0 Å². The van der Waals surface area contributed by atoms with Gasteiger partial charge in [0.25, 0.3) is 0 Å². The molecule has 128 valence electrons. The molecule has 2 fully saturated rings. The van der Waals surface area contributed by atoms with E-state index in [1.54, 1.807) is 11.9 Å². The van der Waals surface area contributed by atoms with Gasteiger partial charge in [-0.05, 0) is 38.6 Å². The third-order valence-corrected chi connectivity index (χ3v) is 6.69. The zero-order valence-corrected chi connectivity index (χ0v) is 14.7. The van der Waals surface area contributed by atoms with Gasteiger partial charge < -0.3 is 10.2 Å². The van der Waals surface area contributed by atoms with Crippen LogP contribution in [0.15, 0.2) is 0 Å². The number of urea groups is 1. The Morgan fingerprint density at radius 3 is 2.73 bits per heavy atom. The number of amides is 2. The fraction of sp³-hybridized carbons (Fsp3) is 0.933. The average Bonchev–Trinajstić information content (AvgIpc) is 2.83. The molecule has 2 rings (SSSR count). The van der Waals surface area contributed by atoms with Crippen LogP contribution in [-0.2, 0) is 9.84 Å². The van der Waals surface area contributed by atoms with Crippen molar-refractivity contribution in [1.29, 1.82) is 0 Å². The lowest BCUT2D eigenvalue weighted by molar-refractivity contribution is 0.134. The first-order valence-electron chi connectivity index (χ1n) is 8.23. The molecule has 0 aliphatic carbocycles. The first-order chi connectivity index (χ1) is 10.3. The number of hydrogen-bond donors (Lipinski definition) is 1. The largest absolute Gasteiger partial charge is 0.336 e. The van der Waals surface area contributed by atoms with Gasteiger partial charge in [-0.25, -0.2) is 13.2 Å². The van der Waals surface area contributed by atoms with Crippen LogP contribution in [0.3, 0.4) is 0 Å². The zero-order chi connectivity index (χ0) is 16.3. The molecule has 2 aliphatic rings. The zero-order valence-electron chi connectivity index (χ0n) is 13.9. The number of likely N-dealkylation sites (tertiary alicyclic amines) is 1. The number of nitrogens with zero attached hydrogens (tertiary/aromatic N) is 2. The lowest BCUT2D eigenvalue weighted by Crippen LogP contribution is -2.50. The van der Waals surface area contributed by atoms with E-state index in [4.69, 9.17) is 0 Å². The second-order valence-electron chi connectivity index (χ2n) is 6.95. The van der Waals surface area contributed by atoms with E-state index in [0.29, 0.717) is 19.0 Å². The van der Waals surface area contributed by atoms with Crippen LogP contribution >= 0.6 is 0 Å². The Morgan fingerprint density at radius 2 is 2.14 bits per heavy atom. The van der Waals surface area contributed by atoms with Crippen LogP contribution < -0.4 is 5.32 Å². The molecular weight excluding hydrogens is 302 g/mol. The van der Waals surface area contributed by atoms with Gasteiger partial charge >= 0.3 is 6.03 Å². The van der Waals surface area contributed by atoms with E-state index in [1.165, 1.54) is 12.8 Å². The number of carbonyl (C=O) groups is 1. The summed E-state index contributed by atoms with van der Waals surface area (Å²) < 4.78 is 23.0. The fourth-order valence-corrected chi connectivity index (χ4v) is 5.14. The fourth-order valence-electron chi connectivity index (χ4n) is 3.36. The van der Waals surface area contributed by atoms with Gasteiger partial charge in [-0.2, -0.15) is 0 Å². The number of nitrogens with one attached hydrogen (secondary N) is 1. The van der Waals surface area contributed by atoms with E-state index < -0.39 is 9.84 Å². The van der Waals surface area contributed by atoms with Crippen LogP contribution in [-0.4, -0.2) is 74.5 Å². The quantitative estimate of drug-likeness (QED) is 0.832. The minimum Gasteiger partial charge on any atom is -0.336 e. The number of sulfone groups is 1. The van der Waals surface area contributed by atoms with Gasteiger partial charge in [0.2, 0.25) is 0 Å². The Bertz CT molecular complexity index is 494. The number of hydrogen-bond acceptors (Lipinski definition) is 4. The summed E-state index contributed by atoms with van der Waals surface area (Å²) in [7, 11) is -1.27. The average molecular weight is 331 g/mol. The highest BCUT2D eigenvalue weighted by molar-refractivity contribution is 7.91. The van der Waals surface area contributed by atoms with Crippen molar-refractivity contribution in [3.05, 3.63) is 0 Å². The summed E-state index contributed by atoms with van der Waals surface area (Å²) in [6.45, 7) is 7.20. The molecule has 0 radical (unpaired) electrons. The Morgan fingerprint density at radius 1 is 1.41 bits per heavy atom. The van der Waals surface area contributed by atoms with Crippen molar-refractivity contribution in [2.75, 3.05) is 38.2 Å². The lowest BCUT2D eigenvalue weighted by Gasteiger charge is -2.36. The van der Waals surface area contributed by atoms with E-state index in [-0.39, 0.29) is 23.6 Å². The van der Waals surface area contributed by atoms with Gasteiger partial charge in [0.1, 0.15) is 0 Å². The van der Waals surface area contributed by atoms with E-state index in [0.717, 1.165) is 19.0 Å². The Balaban J connectivity index is 1.77. The van der Waals surface area contributed by atoms with Gasteiger partial charge in [-0.1, -0.05) is 6.92 Å². The van der Waals surface area contributed by atoms with E-state index in [1.807, 2.05) is 0 Å². The van der Waals surface area contributed by atoms with Gasteiger partial charge in [-0.3, -0.25) is 4.90 Å². The highest BCUT2D eigenvalue weighted by Gasteiger charge is 2.33. The standard InChI is InChI=1S/C15H29N3O3S/c1-12-5-4-7-18(10-12)13(2)9-16-15(19)17(3)14-6-8-22(20,21)11-14/h12-14H,4-11H2,1-3H3,(H,16,19)/t12-,13-,14+/m1/s1. The molecule has 1 N–H and O–H groups in total. The Kier molecular flexibility index (Phi) is 5.71. The molecule has 2 amide bonds. The van der Waals surface area contributed by atoms with E-state index in [2.05, 4.69) is 24.1 Å². The summed E-state index contributed by atoms with van der Waals surface area (Å²) >= 11 is 0. The van der Waals surface area contributed by atoms with Crippen molar-refractivity contribution in [2.45, 2.75) is 45.2 Å². The van der Waals surface area contributed by atoms with Crippen molar-refractivity contribution in [1.82, 2.24) is 15.1 Å². The molecule has 0 unspecified atom stereocenters. The first-order valence-corrected chi connectivity index (χ1v) is 10.1. The summed E-state index contributed by atoms with van der Waals surface area (Å²) in [5.41, 5.74) is 0. The summed E-state index contributed by atoms with van der Waals surface area (Å²) in [6.07, 6.45) is 3.05. The lowest BCUT2D eigenvalue weighted by atomic mass is 9.99. The van der Waals surface area contributed by atoms with Crippen molar-refractivity contribution >= 4 is 15.9 Å². The molecule has 0 aromatic carbocycles. The Labute approximate surface area is 134 Å². The van der Waals surface area contributed by atoms with Crippen LogP contribution in [0, 0.1) is 5.92 Å². The van der Waals surface area contributed by atoms with Gasteiger partial charge in [0, 0.05) is 32.2 Å². The normalized spacial score (nSPS) is 30.0. The predicted octanol–water partition coefficient (Wildman–Crippen LogP) is 0.935. The molecule has 2 heterocycles. The Hall–Kier alpha value is -0.820. The topological polar surface area (TPSA) is 69.7 Å². The van der Waals surface area contributed by atoms with Crippen LogP contribution in [0.4, 0.5) is 4.79 Å². The molecule has 0 saturated carbocycles. The number of rotatable bonds is 4. The third kappa shape index (κ3) is 4.59. The van der Waals surface area contributed by atoms with Crippen molar-refractivity contribution < 1.29 is 13.2 Å². The maximum atomic E-state index is 12.2. The maximum absolute atomic E-state index is 12.2. The van der Waals surface area contributed by atoms with E-state index >= 15 is 0 Å². The molecule has 22 heavy (non-hydrogen) atoms. The molecule has 2 saturated heterocycles. The summed E-state index contributed by atoms with van der Waals surface area (Å²) in [4.78, 5) is 16.2. The molecule has 6 nitrogen and oxygen atoms in total. The number of carbonyl (C=O) groups excluding carboxylic acids is 1. The van der Waals surface area contributed by atoms with Crippen molar-refractivity contribution in [3.63, 3.8) is 0 Å². The van der Waals surface area contributed by atoms with Crippen molar-refractivity contribution in [2.24, 2.45) is 5.92 Å². The van der Waals surface area contributed by atoms with Crippen LogP contribution in [0.5, 0.6) is 0 Å². The smallest absolute Gasteiger partial charge is 0.317 e. The molecule has 0 aromatic heterocycles. The summed E-state index contributed by atoms with van der Waals surface area (Å²) in [5.74, 6) is 1.01. The minimum atomic E-state index is -2.96. The molecule has 0 bridgehead atoms. The molecular formula is C15H29N3O3S. The van der Waals surface area contributed by atoms with Gasteiger partial charge in [0.15, 0.2) is 9.84 Å². The maximum Gasteiger partial charge on any atom is 0.317 e. The highest BCUT2D eigenvalue weighted by Crippen LogP contribution is 2.18. The SMILES string of the molecule is C[C@@H]1CCCN([C@H](C)CNC(=O)N(C)[C@H]2CCS(=O)(=O)C2)C1. The monoisotopic (exact) mass is 331 g/mol. The van der Waals surface area contributed by atoms with Crippen molar-refractivity contribution in [3.8, 4) is 0 Å². The molecule has 0 aromatic rings. The summed E-state index contributed by atoms with van der Waals surface area (Å²) in [6, 6.07) is -0.0401. The molecule has 3 atom stereocenters. The minimum absolute atomic E-state index is 0.0934. The first kappa shape index (κ1) is 17.5. The molecule has 2 aliphatic heterocycles. The highest BCUT2D eigenvalue weighted by atomic mass is 32.2. The molecule has 7 heteroatoms. The summed E-state index contributed by atoms with van der Waals surface area (Å²) in [5, 5.41) is 2.95. The second kappa shape index (κ2) is 7.17. The third-order valence-electron chi connectivity index (χ3n) is 4.94. The van der Waals surface area contributed by atoms with Gasteiger partial charge in [-0.15, -0.1) is 0 Å². The predicted molar refractivity (Wildman–Crippen MR) is 87.7 cm³/mol. The molecule has 0 spiro atoms. The van der Waals surface area contributed by atoms with E-state index in [9.17, 15) is 13.2 Å². The number of piperidine rings is 1.